The molecule has 1 aromatic heterocycles. The van der Waals surface area contributed by atoms with E-state index in [0.29, 0.717) is 18.5 Å². The van der Waals surface area contributed by atoms with E-state index in [1.54, 1.807) is 12.3 Å². The minimum atomic E-state index is -1.38. The van der Waals surface area contributed by atoms with E-state index in [-0.39, 0.29) is 26.2 Å². The van der Waals surface area contributed by atoms with Crippen LogP contribution in [0.2, 0.25) is 0 Å². The molecule has 0 aliphatic carbocycles. The number of amides is 3. The Kier molecular flexibility index (Phi) is 10.7. The molecule has 0 radical (unpaired) electrons. The summed E-state index contributed by atoms with van der Waals surface area (Å²) in [5.41, 5.74) is 25.6. The second-order valence-corrected chi connectivity index (χ2v) is 8.95. The number of aryl methyl sites for hydroxylation is 1. The molecule has 202 valence electrons. The average molecular weight is 521 g/mol. The molecule has 0 spiro atoms. The predicted octanol–water partition coefficient (Wildman–Crippen LogP) is -0.308. The Balaban J connectivity index is 1.73. The number of nitrogens with two attached hydrogens (primary N) is 4. The first-order chi connectivity index (χ1) is 18.3. The van der Waals surface area contributed by atoms with E-state index >= 15 is 0 Å². The SMILES string of the molecule is NCCN(CCN)C(=O)[C@H](N)[C@H](N)C(=O)N[C@@H](CCc1ccccc1)C(=O)Nc1cnc2ccccc2c1. The van der Waals surface area contributed by atoms with Gasteiger partial charge in [-0.05, 0) is 30.5 Å². The van der Waals surface area contributed by atoms with E-state index in [1.807, 2.05) is 54.6 Å². The lowest BCUT2D eigenvalue weighted by Crippen LogP contribution is -2.61. The molecule has 0 saturated heterocycles. The smallest absolute Gasteiger partial charge is 0.247 e. The van der Waals surface area contributed by atoms with Gasteiger partial charge in [0.2, 0.25) is 17.7 Å². The van der Waals surface area contributed by atoms with Gasteiger partial charge in [0.1, 0.15) is 18.1 Å². The van der Waals surface area contributed by atoms with Gasteiger partial charge in [-0.1, -0.05) is 48.5 Å². The van der Waals surface area contributed by atoms with Crippen LogP contribution in [0.4, 0.5) is 5.69 Å². The van der Waals surface area contributed by atoms with E-state index in [9.17, 15) is 14.4 Å². The molecule has 11 heteroatoms. The Morgan fingerprint density at radius 3 is 2.21 bits per heavy atom. The van der Waals surface area contributed by atoms with Gasteiger partial charge in [-0.3, -0.25) is 19.4 Å². The summed E-state index contributed by atoms with van der Waals surface area (Å²) in [6, 6.07) is 15.3. The summed E-state index contributed by atoms with van der Waals surface area (Å²) >= 11 is 0. The van der Waals surface area contributed by atoms with Gasteiger partial charge in [-0.25, -0.2) is 0 Å². The fourth-order valence-corrected chi connectivity index (χ4v) is 4.03. The number of nitrogens with zero attached hydrogens (tertiary/aromatic N) is 2. The molecule has 11 nitrogen and oxygen atoms in total. The van der Waals surface area contributed by atoms with E-state index in [4.69, 9.17) is 22.9 Å². The molecule has 1 heterocycles. The standard InChI is InChI=1S/C27H36N8O3/c28-12-14-35(15-13-29)27(38)24(31)23(30)26(37)34-22(11-10-18-6-2-1-3-7-18)25(36)33-20-16-19-8-4-5-9-21(19)32-17-20/h1-9,16-17,22-24H,10-15,28-31H2,(H,33,36)(H,34,37)/t22-,23-,24+/m0/s1. The largest absolute Gasteiger partial charge is 0.343 e. The van der Waals surface area contributed by atoms with Gasteiger partial charge >= 0.3 is 0 Å². The number of para-hydroxylation sites is 1. The third kappa shape index (κ3) is 7.80. The summed E-state index contributed by atoms with van der Waals surface area (Å²) in [6.45, 7) is 0.899. The average Bonchev–Trinajstić information content (AvgIpc) is 2.94. The van der Waals surface area contributed by atoms with Crippen LogP contribution >= 0.6 is 0 Å². The molecule has 0 aliphatic heterocycles. The number of benzene rings is 2. The number of aromatic nitrogens is 1. The zero-order valence-electron chi connectivity index (χ0n) is 21.3. The fraction of sp³-hybridized carbons (Fsp3) is 0.333. The van der Waals surface area contributed by atoms with Crippen molar-refractivity contribution in [2.75, 3.05) is 31.5 Å². The minimum absolute atomic E-state index is 0.214. The van der Waals surface area contributed by atoms with Gasteiger partial charge in [-0.2, -0.15) is 0 Å². The highest BCUT2D eigenvalue weighted by molar-refractivity contribution is 6.00. The summed E-state index contributed by atoms with van der Waals surface area (Å²) in [7, 11) is 0. The number of carbonyl (C=O) groups excluding carboxylic acids is 3. The molecule has 0 aliphatic rings. The van der Waals surface area contributed by atoms with E-state index in [2.05, 4.69) is 15.6 Å². The molecular formula is C27H36N8O3. The second kappa shape index (κ2) is 14.1. The van der Waals surface area contributed by atoms with Crippen molar-refractivity contribution in [3.05, 3.63) is 72.4 Å². The lowest BCUT2D eigenvalue weighted by molar-refractivity contribution is -0.136. The van der Waals surface area contributed by atoms with Crippen molar-refractivity contribution in [1.82, 2.24) is 15.2 Å². The number of fused-ring (bicyclic) bond motifs is 1. The van der Waals surface area contributed by atoms with Gasteiger partial charge in [0, 0.05) is 31.6 Å². The normalized spacial score (nSPS) is 13.4. The number of hydrogen-bond acceptors (Lipinski definition) is 8. The van der Waals surface area contributed by atoms with E-state index in [0.717, 1.165) is 16.5 Å². The van der Waals surface area contributed by atoms with Gasteiger partial charge in [0.05, 0.1) is 17.4 Å². The van der Waals surface area contributed by atoms with Crippen LogP contribution in [0.3, 0.4) is 0 Å². The predicted molar refractivity (Wildman–Crippen MR) is 148 cm³/mol. The van der Waals surface area contributed by atoms with Crippen molar-refractivity contribution in [1.29, 1.82) is 0 Å². The van der Waals surface area contributed by atoms with Crippen molar-refractivity contribution < 1.29 is 14.4 Å². The minimum Gasteiger partial charge on any atom is -0.343 e. The first-order valence-electron chi connectivity index (χ1n) is 12.5. The summed E-state index contributed by atoms with van der Waals surface area (Å²) in [6.07, 6.45) is 2.38. The number of nitrogens with one attached hydrogen (secondary N) is 2. The van der Waals surface area contributed by atoms with Gasteiger partial charge < -0.3 is 38.5 Å². The zero-order chi connectivity index (χ0) is 27.5. The molecule has 10 N–H and O–H groups in total. The fourth-order valence-electron chi connectivity index (χ4n) is 4.03. The molecule has 3 amide bonds. The molecule has 0 bridgehead atoms. The summed E-state index contributed by atoms with van der Waals surface area (Å²) in [4.78, 5) is 44.9. The highest BCUT2D eigenvalue weighted by Crippen LogP contribution is 2.17. The molecule has 3 rings (SSSR count). The Labute approximate surface area is 221 Å². The zero-order valence-corrected chi connectivity index (χ0v) is 21.3. The molecule has 0 saturated carbocycles. The van der Waals surface area contributed by atoms with Crippen molar-refractivity contribution in [3.8, 4) is 0 Å². The van der Waals surface area contributed by atoms with Gasteiger partial charge in [0.15, 0.2) is 0 Å². The van der Waals surface area contributed by atoms with Crippen LogP contribution in [0.25, 0.3) is 10.9 Å². The number of anilines is 1. The van der Waals surface area contributed by atoms with Crippen LogP contribution in [0.15, 0.2) is 66.9 Å². The summed E-state index contributed by atoms with van der Waals surface area (Å²) < 4.78 is 0. The Morgan fingerprint density at radius 2 is 1.53 bits per heavy atom. The quantitative estimate of drug-likeness (QED) is 0.176. The lowest BCUT2D eigenvalue weighted by Gasteiger charge is -2.28. The van der Waals surface area contributed by atoms with Crippen LogP contribution in [-0.4, -0.2) is 71.9 Å². The molecule has 0 fully saturated rings. The molecule has 38 heavy (non-hydrogen) atoms. The molecule has 2 aromatic carbocycles. The highest BCUT2D eigenvalue weighted by atomic mass is 16.2. The maximum absolute atomic E-state index is 13.3. The summed E-state index contributed by atoms with van der Waals surface area (Å²) in [5, 5.41) is 6.38. The number of rotatable bonds is 13. The maximum Gasteiger partial charge on any atom is 0.247 e. The monoisotopic (exact) mass is 520 g/mol. The van der Waals surface area contributed by atoms with E-state index in [1.165, 1.54) is 4.90 Å². The lowest BCUT2D eigenvalue weighted by atomic mass is 10.0. The number of carbonyl (C=O) groups is 3. The van der Waals surface area contributed by atoms with Crippen LogP contribution in [0.1, 0.15) is 12.0 Å². The Morgan fingerprint density at radius 1 is 0.868 bits per heavy atom. The van der Waals surface area contributed by atoms with Crippen molar-refractivity contribution >= 4 is 34.3 Å². The van der Waals surface area contributed by atoms with Crippen molar-refractivity contribution in [2.24, 2.45) is 22.9 Å². The first-order valence-corrected chi connectivity index (χ1v) is 12.5. The van der Waals surface area contributed by atoms with Crippen LogP contribution in [0, 0.1) is 0 Å². The molecular weight excluding hydrogens is 484 g/mol. The van der Waals surface area contributed by atoms with Gasteiger partial charge in [-0.15, -0.1) is 0 Å². The third-order valence-electron chi connectivity index (χ3n) is 6.14. The Bertz CT molecular complexity index is 1220. The first kappa shape index (κ1) is 28.7. The summed E-state index contributed by atoms with van der Waals surface area (Å²) in [5.74, 6) is -1.68. The van der Waals surface area contributed by atoms with Crippen LogP contribution in [0.5, 0.6) is 0 Å². The molecule has 0 unspecified atom stereocenters. The third-order valence-corrected chi connectivity index (χ3v) is 6.14. The number of pyridine rings is 1. The molecule has 3 aromatic rings. The second-order valence-electron chi connectivity index (χ2n) is 8.95. The van der Waals surface area contributed by atoms with Crippen molar-refractivity contribution in [3.63, 3.8) is 0 Å². The topological polar surface area (TPSA) is 195 Å². The Hall–Kier alpha value is -3.90. The highest BCUT2D eigenvalue weighted by Gasteiger charge is 2.32. The number of hydrogen-bond donors (Lipinski definition) is 6. The van der Waals surface area contributed by atoms with Gasteiger partial charge in [0.25, 0.3) is 0 Å². The van der Waals surface area contributed by atoms with E-state index < -0.39 is 35.8 Å². The van der Waals surface area contributed by atoms with Crippen LogP contribution in [-0.2, 0) is 20.8 Å². The maximum atomic E-state index is 13.3. The van der Waals surface area contributed by atoms with Crippen LogP contribution < -0.4 is 33.6 Å². The van der Waals surface area contributed by atoms with Crippen molar-refractivity contribution in [2.45, 2.75) is 31.0 Å². The molecule has 3 atom stereocenters.